The Bertz CT molecular complexity index is 529. The van der Waals surface area contributed by atoms with Crippen LogP contribution in [0.1, 0.15) is 22.4 Å². The highest BCUT2D eigenvalue weighted by atomic mass is 35.5. The van der Waals surface area contributed by atoms with Crippen LogP contribution in [0.15, 0.2) is 24.3 Å². The fourth-order valence-corrected chi connectivity index (χ4v) is 2.15. The second kappa shape index (κ2) is 5.55. The van der Waals surface area contributed by atoms with Crippen molar-refractivity contribution in [3.05, 3.63) is 51.8 Å². The Labute approximate surface area is 113 Å². The van der Waals surface area contributed by atoms with E-state index in [2.05, 4.69) is 41.6 Å². The summed E-state index contributed by atoms with van der Waals surface area (Å²) in [5, 5.41) is 8.40. The lowest BCUT2D eigenvalue weighted by molar-refractivity contribution is 0.690. The zero-order chi connectivity index (χ0) is 13.1. The molecule has 2 rings (SSSR count). The fraction of sp³-hybridized carbons (Fsp3) is 0.357. The van der Waals surface area contributed by atoms with E-state index in [1.54, 1.807) is 4.68 Å². The van der Waals surface area contributed by atoms with Gasteiger partial charge in [-0.15, -0.1) is 0 Å². The predicted molar refractivity (Wildman–Crippen MR) is 74.7 cm³/mol. The lowest BCUT2D eigenvalue weighted by Crippen LogP contribution is -2.13. The van der Waals surface area contributed by atoms with E-state index < -0.39 is 0 Å². The summed E-state index contributed by atoms with van der Waals surface area (Å²) in [5.74, 6) is 0. The molecule has 0 radical (unpaired) electrons. The molecule has 1 aromatic carbocycles. The van der Waals surface area contributed by atoms with Crippen LogP contribution < -0.4 is 5.32 Å². The van der Waals surface area contributed by atoms with Crippen molar-refractivity contribution in [3.8, 4) is 0 Å². The van der Waals surface area contributed by atoms with Gasteiger partial charge in [-0.25, -0.2) is 0 Å². The highest BCUT2D eigenvalue weighted by Gasteiger charge is 2.10. The second-order valence-electron chi connectivity index (χ2n) is 4.57. The molecule has 0 spiro atoms. The highest BCUT2D eigenvalue weighted by molar-refractivity contribution is 6.30. The van der Waals surface area contributed by atoms with Gasteiger partial charge in [0.15, 0.2) is 0 Å². The van der Waals surface area contributed by atoms with Gasteiger partial charge in [0.2, 0.25) is 0 Å². The number of hydrogen-bond acceptors (Lipinski definition) is 2. The topological polar surface area (TPSA) is 29.9 Å². The molecule has 18 heavy (non-hydrogen) atoms. The average molecular weight is 264 g/mol. The van der Waals surface area contributed by atoms with Crippen molar-refractivity contribution in [2.45, 2.75) is 26.9 Å². The number of aryl methyl sites for hydroxylation is 3. The molecule has 4 heteroatoms. The molecular weight excluding hydrogens is 246 g/mol. The summed E-state index contributed by atoms with van der Waals surface area (Å²) < 4.78 is 1.71. The quantitative estimate of drug-likeness (QED) is 0.919. The molecule has 3 nitrogen and oxygen atoms in total. The zero-order valence-electron chi connectivity index (χ0n) is 11.0. The van der Waals surface area contributed by atoms with Gasteiger partial charge in [0.05, 0.1) is 5.69 Å². The second-order valence-corrected chi connectivity index (χ2v) is 4.93. The number of halogens is 1. The normalized spacial score (nSPS) is 10.9. The van der Waals surface area contributed by atoms with E-state index in [-0.39, 0.29) is 0 Å². The van der Waals surface area contributed by atoms with Gasteiger partial charge in [-0.1, -0.05) is 41.4 Å². The highest BCUT2D eigenvalue weighted by Crippen LogP contribution is 2.18. The van der Waals surface area contributed by atoms with Crippen LogP contribution in [0.25, 0.3) is 0 Å². The van der Waals surface area contributed by atoms with Crippen molar-refractivity contribution in [3.63, 3.8) is 0 Å². The van der Waals surface area contributed by atoms with Crippen LogP contribution in [0, 0.1) is 13.8 Å². The Morgan fingerprint density at radius 2 is 1.83 bits per heavy atom. The molecular formula is C14H18ClN3. The molecule has 96 valence electrons. The first-order valence-electron chi connectivity index (χ1n) is 6.02. The minimum Gasteiger partial charge on any atom is -0.308 e. The van der Waals surface area contributed by atoms with E-state index in [0.29, 0.717) is 5.15 Å². The minimum absolute atomic E-state index is 0.712. The molecule has 0 unspecified atom stereocenters. The first kappa shape index (κ1) is 13.1. The van der Waals surface area contributed by atoms with Gasteiger partial charge in [0.1, 0.15) is 5.15 Å². The van der Waals surface area contributed by atoms with Crippen molar-refractivity contribution in [1.82, 2.24) is 15.1 Å². The number of aromatic nitrogens is 2. The van der Waals surface area contributed by atoms with Crippen LogP contribution in [0.4, 0.5) is 0 Å². The summed E-state index contributed by atoms with van der Waals surface area (Å²) in [6, 6.07) is 8.53. The molecule has 0 atom stereocenters. The fourth-order valence-electron chi connectivity index (χ4n) is 1.91. The maximum atomic E-state index is 6.18. The van der Waals surface area contributed by atoms with E-state index in [9.17, 15) is 0 Å². The van der Waals surface area contributed by atoms with E-state index in [4.69, 9.17) is 11.6 Å². The molecule has 0 saturated heterocycles. The summed E-state index contributed by atoms with van der Waals surface area (Å²) in [4.78, 5) is 0. The zero-order valence-corrected chi connectivity index (χ0v) is 11.8. The standard InChI is InChI=1S/C14H18ClN3/c1-10-4-6-12(7-5-10)8-16-9-13-11(2)17-18(3)14(13)15/h4-7,16H,8-9H2,1-3H3. The molecule has 1 aromatic heterocycles. The van der Waals surface area contributed by atoms with Crippen molar-refractivity contribution in [1.29, 1.82) is 0 Å². The number of nitrogens with one attached hydrogen (secondary N) is 1. The first-order chi connectivity index (χ1) is 8.58. The molecule has 0 aliphatic rings. The minimum atomic E-state index is 0.712. The Morgan fingerprint density at radius 3 is 2.39 bits per heavy atom. The molecule has 0 bridgehead atoms. The molecule has 0 aliphatic carbocycles. The molecule has 0 aliphatic heterocycles. The van der Waals surface area contributed by atoms with Crippen molar-refractivity contribution >= 4 is 11.6 Å². The third-order valence-corrected chi connectivity index (χ3v) is 3.49. The van der Waals surface area contributed by atoms with Gasteiger partial charge >= 0.3 is 0 Å². The summed E-state index contributed by atoms with van der Waals surface area (Å²) in [7, 11) is 1.86. The van der Waals surface area contributed by atoms with Crippen LogP contribution in [0.5, 0.6) is 0 Å². The number of benzene rings is 1. The van der Waals surface area contributed by atoms with E-state index >= 15 is 0 Å². The number of rotatable bonds is 4. The van der Waals surface area contributed by atoms with Gasteiger partial charge in [-0.3, -0.25) is 4.68 Å². The maximum absolute atomic E-state index is 6.18. The smallest absolute Gasteiger partial charge is 0.131 e. The maximum Gasteiger partial charge on any atom is 0.131 e. The van der Waals surface area contributed by atoms with Crippen molar-refractivity contribution in [2.75, 3.05) is 0 Å². The molecule has 1 heterocycles. The molecule has 1 N–H and O–H groups in total. The Hall–Kier alpha value is -1.32. The summed E-state index contributed by atoms with van der Waals surface area (Å²) in [6.07, 6.45) is 0. The Morgan fingerprint density at radius 1 is 1.17 bits per heavy atom. The van der Waals surface area contributed by atoms with Gasteiger partial charge in [-0.2, -0.15) is 5.10 Å². The SMILES string of the molecule is Cc1ccc(CNCc2c(C)nn(C)c2Cl)cc1. The monoisotopic (exact) mass is 263 g/mol. The molecule has 0 fully saturated rings. The summed E-state index contributed by atoms with van der Waals surface area (Å²) in [6.45, 7) is 5.65. The predicted octanol–water partition coefficient (Wildman–Crippen LogP) is 2.98. The van der Waals surface area contributed by atoms with E-state index in [1.165, 1.54) is 11.1 Å². The van der Waals surface area contributed by atoms with Gasteiger partial charge in [-0.05, 0) is 19.4 Å². The Kier molecular flexibility index (Phi) is 4.04. The molecule has 0 saturated carbocycles. The van der Waals surface area contributed by atoms with Gasteiger partial charge < -0.3 is 5.32 Å². The van der Waals surface area contributed by atoms with Crippen LogP contribution >= 0.6 is 11.6 Å². The summed E-state index contributed by atoms with van der Waals surface area (Å²) in [5.41, 5.74) is 4.62. The van der Waals surface area contributed by atoms with Crippen LogP contribution in [0.3, 0.4) is 0 Å². The number of hydrogen-bond donors (Lipinski definition) is 1. The summed E-state index contributed by atoms with van der Waals surface area (Å²) >= 11 is 6.18. The molecule has 0 amide bonds. The lowest BCUT2D eigenvalue weighted by Gasteiger charge is -2.05. The third kappa shape index (κ3) is 2.92. The third-order valence-electron chi connectivity index (χ3n) is 3.02. The first-order valence-corrected chi connectivity index (χ1v) is 6.40. The van der Waals surface area contributed by atoms with Crippen LogP contribution in [-0.4, -0.2) is 9.78 Å². The van der Waals surface area contributed by atoms with Gasteiger partial charge in [0, 0.05) is 25.7 Å². The largest absolute Gasteiger partial charge is 0.308 e. The van der Waals surface area contributed by atoms with Crippen LogP contribution in [-0.2, 0) is 20.1 Å². The van der Waals surface area contributed by atoms with Crippen LogP contribution in [0.2, 0.25) is 5.15 Å². The average Bonchev–Trinajstić information content (AvgIpc) is 2.58. The van der Waals surface area contributed by atoms with Gasteiger partial charge in [0.25, 0.3) is 0 Å². The number of nitrogens with zero attached hydrogens (tertiary/aromatic N) is 2. The van der Waals surface area contributed by atoms with Crippen molar-refractivity contribution in [2.24, 2.45) is 7.05 Å². The van der Waals surface area contributed by atoms with Crippen molar-refractivity contribution < 1.29 is 0 Å². The molecule has 2 aromatic rings. The van der Waals surface area contributed by atoms with E-state index in [0.717, 1.165) is 24.3 Å². The Balaban J connectivity index is 1.94. The lowest BCUT2D eigenvalue weighted by atomic mass is 10.1. The van der Waals surface area contributed by atoms with E-state index in [1.807, 2.05) is 14.0 Å².